The predicted molar refractivity (Wildman–Crippen MR) is 116 cm³/mol. The first-order valence-corrected chi connectivity index (χ1v) is 10.5. The lowest BCUT2D eigenvalue weighted by atomic mass is 10.2. The van der Waals surface area contributed by atoms with Gasteiger partial charge in [0.2, 0.25) is 5.91 Å². The zero-order chi connectivity index (χ0) is 20.1. The molecule has 0 saturated heterocycles. The Bertz CT molecular complexity index is 944. The van der Waals surface area contributed by atoms with E-state index in [1.165, 1.54) is 5.56 Å². The van der Waals surface area contributed by atoms with Gasteiger partial charge in [0.25, 0.3) is 0 Å². The van der Waals surface area contributed by atoms with Gasteiger partial charge in [0.1, 0.15) is 13.2 Å². The predicted octanol–water partition coefficient (Wildman–Crippen LogP) is 4.18. The minimum atomic E-state index is 0.0495. The fourth-order valence-electron chi connectivity index (χ4n) is 3.35. The van der Waals surface area contributed by atoms with Crippen molar-refractivity contribution in [3.05, 3.63) is 76.5 Å². The van der Waals surface area contributed by atoms with E-state index in [2.05, 4.69) is 18.2 Å². The third-order valence-corrected chi connectivity index (χ3v) is 5.59. The van der Waals surface area contributed by atoms with Gasteiger partial charge in [-0.05, 0) is 36.2 Å². The molecule has 0 fully saturated rings. The molecule has 0 unspecified atom stereocenters. The van der Waals surface area contributed by atoms with Crippen molar-refractivity contribution in [3.8, 4) is 11.5 Å². The number of carbonyl (C=O) groups is 1. The summed E-state index contributed by atoms with van der Waals surface area (Å²) in [4.78, 5) is 18.3. The Morgan fingerprint density at radius 1 is 0.966 bits per heavy atom. The van der Waals surface area contributed by atoms with Crippen LogP contribution in [0.5, 0.6) is 11.5 Å². The largest absolute Gasteiger partial charge is 0.486 e. The smallest absolute Gasteiger partial charge is 0.241 e. The maximum Gasteiger partial charge on any atom is 0.241 e. The number of carbonyl (C=O) groups excluding carboxylic acids is 1. The number of benzene rings is 2. The van der Waals surface area contributed by atoms with Crippen LogP contribution in [0.15, 0.2) is 66.0 Å². The van der Waals surface area contributed by atoms with Gasteiger partial charge in [-0.1, -0.05) is 36.4 Å². The molecule has 0 bridgehead atoms. The molecule has 1 amide bonds. The van der Waals surface area contributed by atoms with Crippen molar-refractivity contribution < 1.29 is 14.3 Å². The topological polar surface area (TPSA) is 42.0 Å². The Kier molecular flexibility index (Phi) is 6.12. The van der Waals surface area contributed by atoms with Crippen LogP contribution in [0.2, 0.25) is 0 Å². The lowest BCUT2D eigenvalue weighted by Crippen LogP contribution is -2.38. The van der Waals surface area contributed by atoms with E-state index in [1.807, 2.05) is 64.7 Å². The number of thiophene rings is 1. The van der Waals surface area contributed by atoms with Gasteiger partial charge in [-0.15, -0.1) is 11.3 Å². The number of ether oxygens (including phenoxy) is 2. The third-order valence-electron chi connectivity index (χ3n) is 4.73. The molecule has 0 N–H and O–H groups in total. The zero-order valence-corrected chi connectivity index (χ0v) is 17.2. The molecule has 1 aliphatic rings. The van der Waals surface area contributed by atoms with Crippen LogP contribution >= 0.6 is 11.3 Å². The van der Waals surface area contributed by atoms with E-state index in [9.17, 15) is 4.79 Å². The minimum absolute atomic E-state index is 0.0495. The number of fused-ring (bicyclic) bond motifs is 1. The van der Waals surface area contributed by atoms with Crippen molar-refractivity contribution in [1.29, 1.82) is 0 Å². The van der Waals surface area contributed by atoms with Gasteiger partial charge in [0.15, 0.2) is 11.5 Å². The van der Waals surface area contributed by atoms with E-state index in [0.29, 0.717) is 32.1 Å². The summed E-state index contributed by atoms with van der Waals surface area (Å²) in [6, 6.07) is 20.0. The highest BCUT2D eigenvalue weighted by atomic mass is 32.1. The lowest BCUT2D eigenvalue weighted by Gasteiger charge is -2.27. The van der Waals surface area contributed by atoms with Crippen LogP contribution in [0.3, 0.4) is 0 Å². The van der Waals surface area contributed by atoms with Crippen LogP contribution in [0, 0.1) is 0 Å². The Labute approximate surface area is 175 Å². The molecule has 5 nitrogen and oxygen atoms in total. The van der Waals surface area contributed by atoms with Crippen LogP contribution < -0.4 is 14.4 Å². The average Bonchev–Trinajstić information content (AvgIpc) is 3.25. The van der Waals surface area contributed by atoms with Crippen LogP contribution in [0.1, 0.15) is 10.4 Å². The first kappa shape index (κ1) is 19.5. The van der Waals surface area contributed by atoms with Crippen molar-refractivity contribution in [1.82, 2.24) is 4.90 Å². The van der Waals surface area contributed by atoms with E-state index < -0.39 is 0 Å². The number of rotatable bonds is 7. The van der Waals surface area contributed by atoms with Crippen LogP contribution in [0.4, 0.5) is 5.69 Å². The minimum Gasteiger partial charge on any atom is -0.486 e. The second kappa shape index (κ2) is 9.11. The van der Waals surface area contributed by atoms with E-state index in [-0.39, 0.29) is 5.91 Å². The SMILES string of the molecule is CN(CC(=O)N(Cc1cccs1)c1ccc2c(c1)OCCO2)Cc1ccccc1. The summed E-state index contributed by atoms with van der Waals surface area (Å²) in [6.45, 7) is 2.66. The highest BCUT2D eigenvalue weighted by molar-refractivity contribution is 7.09. The first-order valence-electron chi connectivity index (χ1n) is 9.64. The van der Waals surface area contributed by atoms with Gasteiger partial charge in [-0.25, -0.2) is 0 Å². The lowest BCUT2D eigenvalue weighted by molar-refractivity contribution is -0.119. The number of anilines is 1. The van der Waals surface area contributed by atoms with E-state index in [4.69, 9.17) is 9.47 Å². The van der Waals surface area contributed by atoms with Gasteiger partial charge in [-0.3, -0.25) is 9.69 Å². The number of likely N-dealkylation sites (N-methyl/N-ethyl adjacent to an activating group) is 1. The monoisotopic (exact) mass is 408 g/mol. The van der Waals surface area contributed by atoms with Crippen LogP contribution in [-0.2, 0) is 17.9 Å². The van der Waals surface area contributed by atoms with Crippen molar-refractivity contribution in [2.24, 2.45) is 0 Å². The maximum absolute atomic E-state index is 13.3. The standard InChI is InChI=1S/C23H24N2O3S/c1-24(15-18-6-3-2-4-7-18)17-23(26)25(16-20-8-5-13-29-20)19-9-10-21-22(14-19)28-12-11-27-21/h2-10,13-14H,11-12,15-17H2,1H3. The summed E-state index contributed by atoms with van der Waals surface area (Å²) in [5.74, 6) is 1.47. The second-order valence-electron chi connectivity index (χ2n) is 7.05. The molecule has 2 aromatic carbocycles. The Morgan fingerprint density at radius 2 is 1.76 bits per heavy atom. The summed E-state index contributed by atoms with van der Waals surface area (Å²) in [7, 11) is 1.97. The molecule has 150 valence electrons. The molecule has 29 heavy (non-hydrogen) atoms. The molecule has 4 rings (SSSR count). The highest BCUT2D eigenvalue weighted by Crippen LogP contribution is 2.34. The second-order valence-corrected chi connectivity index (χ2v) is 8.08. The number of amides is 1. The molecule has 6 heteroatoms. The third kappa shape index (κ3) is 4.96. The van der Waals surface area contributed by atoms with Crippen molar-refractivity contribution >= 4 is 22.9 Å². The molecule has 1 aromatic heterocycles. The molecule has 0 spiro atoms. The summed E-state index contributed by atoms with van der Waals surface area (Å²) in [5, 5.41) is 2.03. The molecular formula is C23H24N2O3S. The van der Waals surface area contributed by atoms with Crippen molar-refractivity contribution in [2.75, 3.05) is 31.7 Å². The normalized spacial score (nSPS) is 12.8. The van der Waals surface area contributed by atoms with Crippen molar-refractivity contribution in [2.45, 2.75) is 13.1 Å². The highest BCUT2D eigenvalue weighted by Gasteiger charge is 2.21. The zero-order valence-electron chi connectivity index (χ0n) is 16.4. The Balaban J connectivity index is 1.52. The number of nitrogens with zero attached hydrogens (tertiary/aromatic N) is 2. The summed E-state index contributed by atoms with van der Waals surface area (Å²) in [5.41, 5.74) is 2.01. The molecule has 1 aliphatic heterocycles. The van der Waals surface area contributed by atoms with E-state index in [1.54, 1.807) is 11.3 Å². The number of hydrogen-bond acceptors (Lipinski definition) is 5. The maximum atomic E-state index is 13.3. The molecular weight excluding hydrogens is 384 g/mol. The Morgan fingerprint density at radius 3 is 2.52 bits per heavy atom. The summed E-state index contributed by atoms with van der Waals surface area (Å²) >= 11 is 1.65. The van der Waals surface area contributed by atoms with Gasteiger partial charge >= 0.3 is 0 Å². The summed E-state index contributed by atoms with van der Waals surface area (Å²) < 4.78 is 11.3. The van der Waals surface area contributed by atoms with Gasteiger partial charge < -0.3 is 14.4 Å². The fraction of sp³-hybridized carbons (Fsp3) is 0.261. The average molecular weight is 409 g/mol. The molecule has 0 radical (unpaired) electrons. The molecule has 0 aliphatic carbocycles. The molecule has 2 heterocycles. The summed E-state index contributed by atoms with van der Waals surface area (Å²) in [6.07, 6.45) is 0. The Hall–Kier alpha value is -2.83. The van der Waals surface area contributed by atoms with Crippen molar-refractivity contribution in [3.63, 3.8) is 0 Å². The fourth-order valence-corrected chi connectivity index (χ4v) is 4.04. The number of hydrogen-bond donors (Lipinski definition) is 0. The van der Waals surface area contributed by atoms with Crippen LogP contribution in [-0.4, -0.2) is 37.6 Å². The van der Waals surface area contributed by atoms with E-state index in [0.717, 1.165) is 22.9 Å². The van der Waals surface area contributed by atoms with Crippen LogP contribution in [0.25, 0.3) is 0 Å². The molecule has 0 saturated carbocycles. The quantitative estimate of drug-likeness (QED) is 0.588. The van der Waals surface area contributed by atoms with Gasteiger partial charge in [0.05, 0.1) is 13.1 Å². The van der Waals surface area contributed by atoms with E-state index >= 15 is 0 Å². The molecule has 0 atom stereocenters. The first-order chi connectivity index (χ1) is 14.2. The molecule has 3 aromatic rings. The van der Waals surface area contributed by atoms with Gasteiger partial charge in [0, 0.05) is 23.2 Å². The van der Waals surface area contributed by atoms with Gasteiger partial charge in [-0.2, -0.15) is 0 Å².